The zero-order valence-corrected chi connectivity index (χ0v) is 22.1. The first-order valence-corrected chi connectivity index (χ1v) is 13.2. The molecule has 0 saturated carbocycles. The molecule has 2 aromatic carbocycles. The van der Waals surface area contributed by atoms with Crippen LogP contribution in [0.1, 0.15) is 38.8 Å². The minimum atomic E-state index is -5.52. The highest BCUT2D eigenvalue weighted by atomic mass is 35.5. The lowest BCUT2D eigenvalue weighted by Gasteiger charge is -2.25. The quantitative estimate of drug-likeness (QED) is 0.282. The zero-order chi connectivity index (χ0) is 28.6. The number of anilines is 3. The lowest BCUT2D eigenvalue weighted by molar-refractivity contribution is -0.199. The first kappa shape index (κ1) is 29.2. The number of alkyl halides is 3. The summed E-state index contributed by atoms with van der Waals surface area (Å²) in [6, 6.07) is 4.27. The Bertz CT molecular complexity index is 1560. The van der Waals surface area contributed by atoms with Gasteiger partial charge in [0, 0.05) is 11.7 Å². The monoisotopic (exact) mass is 578 g/mol. The molecular formula is C23H23ClF4N4O5S. The summed E-state index contributed by atoms with van der Waals surface area (Å²) in [5.74, 6) is -4.52. The number of sulfonamides is 1. The van der Waals surface area contributed by atoms with Crippen LogP contribution in [0.5, 0.6) is 0 Å². The van der Waals surface area contributed by atoms with E-state index in [-0.39, 0.29) is 33.6 Å². The van der Waals surface area contributed by atoms with Gasteiger partial charge in [0.05, 0.1) is 33.7 Å². The van der Waals surface area contributed by atoms with Gasteiger partial charge in [-0.2, -0.15) is 13.2 Å². The molecule has 0 aliphatic rings. The lowest BCUT2D eigenvalue weighted by atomic mass is 10.1. The van der Waals surface area contributed by atoms with Crippen LogP contribution in [0, 0.1) is 12.7 Å². The Morgan fingerprint density at radius 2 is 1.89 bits per heavy atom. The summed E-state index contributed by atoms with van der Waals surface area (Å²) >= 11 is 6.27. The fraction of sp³-hybridized carbons (Fsp3) is 0.348. The molecule has 0 fully saturated rings. The first-order chi connectivity index (χ1) is 17.6. The summed E-state index contributed by atoms with van der Waals surface area (Å²) in [7, 11) is -4.66. The van der Waals surface area contributed by atoms with E-state index < -0.39 is 50.1 Å². The van der Waals surface area contributed by atoms with Crippen LogP contribution in [-0.4, -0.2) is 35.9 Å². The number of hydrogen-bond acceptors (Lipinski definition) is 7. The van der Waals surface area contributed by atoms with Gasteiger partial charge in [-0.3, -0.25) is 9.36 Å². The molecule has 206 valence electrons. The normalized spacial score (nSPS) is 12.2. The van der Waals surface area contributed by atoms with Crippen molar-refractivity contribution in [3.63, 3.8) is 0 Å². The number of hydrogen-bond donors (Lipinski definition) is 1. The summed E-state index contributed by atoms with van der Waals surface area (Å²) in [4.78, 5) is 32.9. The Kier molecular flexibility index (Phi) is 8.27. The Morgan fingerprint density at radius 3 is 2.47 bits per heavy atom. The maximum atomic E-state index is 14.9. The van der Waals surface area contributed by atoms with Crippen LogP contribution in [0.3, 0.4) is 0 Å². The topological polar surface area (TPSA) is 111 Å². The third kappa shape index (κ3) is 5.70. The number of nitrogens with one attached hydrogen (secondary N) is 1. The van der Waals surface area contributed by atoms with E-state index in [1.165, 1.54) is 30.0 Å². The number of aromatic nitrogens is 2. The number of fused-ring (bicyclic) bond motifs is 1. The molecule has 1 aromatic heterocycles. The van der Waals surface area contributed by atoms with E-state index in [0.717, 1.165) is 12.1 Å². The minimum absolute atomic E-state index is 0.0372. The summed E-state index contributed by atoms with van der Waals surface area (Å²) in [6.07, 6.45) is -4.16. The molecule has 1 heterocycles. The molecule has 0 amide bonds. The van der Waals surface area contributed by atoms with Crippen LogP contribution >= 0.6 is 11.6 Å². The molecule has 9 nitrogen and oxygen atoms in total. The van der Waals surface area contributed by atoms with Crippen molar-refractivity contribution in [3.8, 4) is 0 Å². The molecule has 0 unspecified atom stereocenters. The number of nitrogens with zero attached hydrogens (tertiary/aromatic N) is 3. The summed E-state index contributed by atoms with van der Waals surface area (Å²) in [5, 5.41) is 2.21. The molecule has 0 spiro atoms. The summed E-state index contributed by atoms with van der Waals surface area (Å²) in [6.45, 7) is 6.58. The smallest absolute Gasteiger partial charge is 0.352 e. The van der Waals surface area contributed by atoms with Gasteiger partial charge < -0.3 is 10.2 Å². The molecule has 0 saturated heterocycles. The second-order valence-electron chi connectivity index (χ2n) is 8.48. The second kappa shape index (κ2) is 10.8. The van der Waals surface area contributed by atoms with Crippen molar-refractivity contribution in [2.24, 2.45) is 0 Å². The number of carbonyl (C=O) groups is 1. The van der Waals surface area contributed by atoms with Crippen molar-refractivity contribution in [2.45, 2.75) is 46.3 Å². The van der Waals surface area contributed by atoms with Gasteiger partial charge in [-0.15, -0.1) is 0 Å². The van der Waals surface area contributed by atoms with E-state index in [1.54, 1.807) is 20.8 Å². The van der Waals surface area contributed by atoms with E-state index in [1.807, 2.05) is 0 Å². The van der Waals surface area contributed by atoms with Gasteiger partial charge in [0.25, 0.3) is 15.6 Å². The number of carbonyl (C=O) groups excluding carboxylic acids is 1. The van der Waals surface area contributed by atoms with Crippen LogP contribution in [-0.2, 0) is 19.7 Å². The fourth-order valence-electron chi connectivity index (χ4n) is 3.54. The first-order valence-electron chi connectivity index (χ1n) is 11.2. The maximum Gasteiger partial charge on any atom is 0.493 e. The van der Waals surface area contributed by atoms with Gasteiger partial charge in [0.1, 0.15) is 11.5 Å². The largest absolute Gasteiger partial charge is 0.493 e. The van der Waals surface area contributed by atoms with Crippen LogP contribution in [0.4, 0.5) is 34.6 Å². The van der Waals surface area contributed by atoms with E-state index in [4.69, 9.17) is 11.6 Å². The third-order valence-corrected chi connectivity index (χ3v) is 7.49. The molecule has 0 aliphatic carbocycles. The Hall–Kier alpha value is -3.39. The van der Waals surface area contributed by atoms with E-state index >= 15 is 0 Å². The van der Waals surface area contributed by atoms with E-state index in [2.05, 4.69) is 15.1 Å². The van der Waals surface area contributed by atoms with Crippen molar-refractivity contribution < 1.29 is 35.6 Å². The molecule has 0 atom stereocenters. The molecule has 1 N–H and O–H groups in total. The van der Waals surface area contributed by atoms with Crippen molar-refractivity contribution in [1.29, 1.82) is 0 Å². The van der Waals surface area contributed by atoms with Gasteiger partial charge in [-0.25, -0.2) is 22.6 Å². The number of aryl methyl sites for hydroxylation is 1. The van der Waals surface area contributed by atoms with Gasteiger partial charge in [0.2, 0.25) is 0 Å². The predicted octanol–water partition coefficient (Wildman–Crippen LogP) is 5.39. The predicted molar refractivity (Wildman–Crippen MR) is 135 cm³/mol. The molecule has 38 heavy (non-hydrogen) atoms. The summed E-state index contributed by atoms with van der Waals surface area (Å²) in [5.41, 5.74) is -0.710. The Labute approximate surface area is 220 Å². The highest BCUT2D eigenvalue weighted by molar-refractivity contribution is 7.92. The lowest BCUT2D eigenvalue weighted by Crippen LogP contribution is -2.40. The highest BCUT2D eigenvalue weighted by Crippen LogP contribution is 2.39. The minimum Gasteiger partial charge on any atom is -0.352 e. The average Bonchev–Trinajstić information content (AvgIpc) is 2.81. The van der Waals surface area contributed by atoms with E-state index in [0.29, 0.717) is 11.1 Å². The molecule has 0 aliphatic heterocycles. The van der Waals surface area contributed by atoms with Gasteiger partial charge in [0.15, 0.2) is 0 Å². The average molecular weight is 579 g/mol. The van der Waals surface area contributed by atoms with Crippen LogP contribution in [0.2, 0.25) is 5.02 Å². The zero-order valence-electron chi connectivity index (χ0n) is 20.6. The highest BCUT2D eigenvalue weighted by Gasteiger charge is 2.45. The van der Waals surface area contributed by atoms with Crippen molar-refractivity contribution in [2.75, 3.05) is 15.5 Å². The van der Waals surface area contributed by atoms with E-state index in [9.17, 15) is 35.6 Å². The Balaban J connectivity index is 2.16. The molecule has 0 bridgehead atoms. The SMILES string of the molecule is CCCS(=O)(=O)N(OC(=O)C(F)(F)F)c1ccc(F)c(Nc2ccc3ncn(C(C)C)c(=O)c3c2C)c1Cl. The summed E-state index contributed by atoms with van der Waals surface area (Å²) < 4.78 is 80.0. The van der Waals surface area contributed by atoms with Crippen molar-refractivity contribution >= 4 is 55.6 Å². The van der Waals surface area contributed by atoms with Gasteiger partial charge in [-0.05, 0) is 57.0 Å². The fourth-order valence-corrected chi connectivity index (χ4v) is 5.18. The number of rotatable bonds is 8. The van der Waals surface area contributed by atoms with Crippen LogP contribution in [0.25, 0.3) is 10.9 Å². The second-order valence-corrected chi connectivity index (χ2v) is 10.8. The van der Waals surface area contributed by atoms with Gasteiger partial charge in [-0.1, -0.05) is 23.0 Å². The Morgan fingerprint density at radius 1 is 1.24 bits per heavy atom. The molecule has 3 aromatic rings. The molecular weight excluding hydrogens is 556 g/mol. The molecule has 3 rings (SSSR count). The third-order valence-electron chi connectivity index (χ3n) is 5.41. The standard InChI is InChI=1S/C23H23ClF4N4O5S/c1-5-10-38(35,36)32(37-22(34)23(26,27)28)17-9-6-14(25)20(19(17)24)30-15-7-8-16-18(13(15)4)21(33)31(11-29-16)12(2)3/h6-9,11-12,30H,5,10H2,1-4H3. The van der Waals surface area contributed by atoms with Crippen molar-refractivity contribution in [3.05, 3.63) is 57.3 Å². The van der Waals surface area contributed by atoms with Crippen molar-refractivity contribution in [1.82, 2.24) is 9.55 Å². The molecule has 0 radical (unpaired) electrons. The number of benzene rings is 2. The van der Waals surface area contributed by atoms with Crippen LogP contribution < -0.4 is 15.3 Å². The number of halogens is 5. The maximum absolute atomic E-state index is 14.9. The van der Waals surface area contributed by atoms with Crippen LogP contribution in [0.15, 0.2) is 35.4 Å². The molecule has 15 heteroatoms. The van der Waals surface area contributed by atoms with Gasteiger partial charge >= 0.3 is 12.1 Å².